The number of para-hydroxylation sites is 1. The van der Waals surface area contributed by atoms with Crippen molar-refractivity contribution < 1.29 is 13.6 Å². The van der Waals surface area contributed by atoms with Crippen LogP contribution < -0.4 is 10.2 Å². The van der Waals surface area contributed by atoms with E-state index in [1.165, 1.54) is 6.07 Å². The average Bonchev–Trinajstić information content (AvgIpc) is 3.12. The Morgan fingerprint density at radius 3 is 2.72 bits per heavy atom. The van der Waals surface area contributed by atoms with E-state index in [2.05, 4.69) is 27.0 Å². The minimum absolute atomic E-state index is 0.243. The fourth-order valence-corrected chi connectivity index (χ4v) is 3.74. The van der Waals surface area contributed by atoms with E-state index in [0.29, 0.717) is 28.2 Å². The zero-order valence-electron chi connectivity index (χ0n) is 16.7. The first-order valence-electron chi connectivity index (χ1n) is 9.95. The van der Waals surface area contributed by atoms with Gasteiger partial charge in [-0.2, -0.15) is 0 Å². The van der Waals surface area contributed by atoms with Crippen LogP contribution in [0.1, 0.15) is 28.7 Å². The van der Waals surface area contributed by atoms with Gasteiger partial charge >= 0.3 is 0 Å². The first-order valence-corrected chi connectivity index (χ1v) is 9.95. The molecule has 29 heavy (non-hydrogen) atoms. The number of hydrogen-bond acceptors (Lipinski definition) is 5. The lowest BCUT2D eigenvalue weighted by Gasteiger charge is -2.35. The summed E-state index contributed by atoms with van der Waals surface area (Å²) in [6.07, 6.45) is 0. The van der Waals surface area contributed by atoms with Crippen molar-refractivity contribution in [1.29, 1.82) is 0 Å². The molecule has 0 bridgehead atoms. The molecule has 3 aromatic rings. The molecule has 4 rings (SSSR count). The van der Waals surface area contributed by atoms with E-state index in [1.54, 1.807) is 31.2 Å². The van der Waals surface area contributed by atoms with Gasteiger partial charge in [-0.05, 0) is 36.4 Å². The highest BCUT2D eigenvalue weighted by atomic mass is 19.1. The number of halogens is 1. The highest BCUT2D eigenvalue weighted by molar-refractivity contribution is 6.04. The molecule has 1 N–H and O–H groups in total. The van der Waals surface area contributed by atoms with Crippen LogP contribution in [0.25, 0.3) is 11.1 Å². The summed E-state index contributed by atoms with van der Waals surface area (Å²) in [7, 11) is 0. The van der Waals surface area contributed by atoms with E-state index in [0.717, 1.165) is 38.3 Å². The number of carbonyl (C=O) groups is 1. The van der Waals surface area contributed by atoms with E-state index in [-0.39, 0.29) is 18.3 Å². The Hall–Kier alpha value is -2.93. The van der Waals surface area contributed by atoms with Gasteiger partial charge in [0.2, 0.25) is 0 Å². The molecule has 1 aromatic heterocycles. The number of anilines is 1. The fourth-order valence-electron chi connectivity index (χ4n) is 3.74. The number of aryl methyl sites for hydroxylation is 1. The average molecular weight is 396 g/mol. The lowest BCUT2D eigenvalue weighted by molar-refractivity contribution is 0.0952. The maximum absolute atomic E-state index is 14.7. The van der Waals surface area contributed by atoms with Gasteiger partial charge in [-0.3, -0.25) is 4.79 Å². The van der Waals surface area contributed by atoms with E-state index in [1.807, 2.05) is 6.07 Å². The number of hydrogen-bond donors (Lipinski definition) is 1. The summed E-state index contributed by atoms with van der Waals surface area (Å²) in [5.74, 6) is -0.00215. The van der Waals surface area contributed by atoms with Crippen LogP contribution in [0.3, 0.4) is 0 Å². The lowest BCUT2D eigenvalue weighted by Crippen LogP contribution is -2.46. The molecule has 7 heteroatoms. The van der Waals surface area contributed by atoms with Crippen LogP contribution in [0.5, 0.6) is 0 Å². The number of rotatable bonds is 5. The number of carbonyl (C=O) groups excluding carboxylic acids is 1. The molecule has 2 heterocycles. The normalized spacial score (nSPS) is 15.1. The van der Waals surface area contributed by atoms with E-state index in [4.69, 9.17) is 4.42 Å². The van der Waals surface area contributed by atoms with Crippen molar-refractivity contribution in [3.8, 4) is 0 Å². The summed E-state index contributed by atoms with van der Waals surface area (Å²) in [5, 5.41) is 2.85. The Balaban J connectivity index is 1.42. The number of piperazine rings is 1. The van der Waals surface area contributed by atoms with Crippen molar-refractivity contribution in [2.24, 2.45) is 0 Å². The van der Waals surface area contributed by atoms with Gasteiger partial charge in [0.15, 0.2) is 11.5 Å². The number of fused-ring (bicyclic) bond motifs is 1. The Labute approximate surface area is 169 Å². The van der Waals surface area contributed by atoms with Crippen LogP contribution in [0.2, 0.25) is 0 Å². The van der Waals surface area contributed by atoms with Crippen molar-refractivity contribution in [2.75, 3.05) is 37.6 Å². The second-order valence-corrected chi connectivity index (χ2v) is 7.27. The highest BCUT2D eigenvalue weighted by Crippen LogP contribution is 2.23. The molecule has 6 nitrogen and oxygen atoms in total. The molecule has 0 spiro atoms. The Morgan fingerprint density at radius 2 is 2.00 bits per heavy atom. The zero-order valence-corrected chi connectivity index (χ0v) is 16.7. The van der Waals surface area contributed by atoms with E-state index in [9.17, 15) is 9.18 Å². The molecule has 0 radical (unpaired) electrons. The molecular formula is C22H25FN4O2. The third kappa shape index (κ3) is 4.10. The van der Waals surface area contributed by atoms with Crippen molar-refractivity contribution in [2.45, 2.75) is 20.4 Å². The van der Waals surface area contributed by atoms with Gasteiger partial charge in [0.05, 0.1) is 11.3 Å². The summed E-state index contributed by atoms with van der Waals surface area (Å²) in [6, 6.07) is 10.4. The second kappa shape index (κ2) is 8.21. The summed E-state index contributed by atoms with van der Waals surface area (Å²) in [4.78, 5) is 21.3. The van der Waals surface area contributed by atoms with Crippen molar-refractivity contribution >= 4 is 22.7 Å². The van der Waals surface area contributed by atoms with Gasteiger partial charge in [0.1, 0.15) is 11.3 Å². The molecule has 0 unspecified atom stereocenters. The van der Waals surface area contributed by atoms with Gasteiger partial charge in [-0.1, -0.05) is 19.1 Å². The van der Waals surface area contributed by atoms with Crippen molar-refractivity contribution in [3.05, 3.63) is 59.2 Å². The monoisotopic (exact) mass is 396 g/mol. The molecule has 1 amide bonds. The van der Waals surface area contributed by atoms with Gasteiger partial charge in [-0.15, -0.1) is 0 Å². The highest BCUT2D eigenvalue weighted by Gasteiger charge is 2.19. The van der Waals surface area contributed by atoms with Crippen LogP contribution in [0, 0.1) is 12.7 Å². The maximum Gasteiger partial charge on any atom is 0.253 e. The minimum Gasteiger partial charge on any atom is -0.441 e. The minimum atomic E-state index is -0.260. The van der Waals surface area contributed by atoms with Gasteiger partial charge in [-0.25, -0.2) is 9.37 Å². The van der Waals surface area contributed by atoms with Crippen molar-refractivity contribution in [1.82, 2.24) is 15.2 Å². The van der Waals surface area contributed by atoms with Gasteiger partial charge in [0, 0.05) is 39.6 Å². The first-order chi connectivity index (χ1) is 14.0. The van der Waals surface area contributed by atoms with Gasteiger partial charge in [0.25, 0.3) is 5.91 Å². The number of likely N-dealkylation sites (N-methyl/N-ethyl adjacent to an activating group) is 1. The van der Waals surface area contributed by atoms with Gasteiger partial charge < -0.3 is 19.5 Å². The molecule has 0 atom stereocenters. The molecule has 0 aliphatic carbocycles. The summed E-state index contributed by atoms with van der Waals surface area (Å²) in [6.45, 7) is 8.69. The van der Waals surface area contributed by atoms with Crippen LogP contribution in [-0.2, 0) is 6.54 Å². The smallest absolute Gasteiger partial charge is 0.253 e. The van der Waals surface area contributed by atoms with Crippen LogP contribution in [0.4, 0.5) is 10.1 Å². The number of aromatic nitrogens is 1. The molecule has 1 aliphatic rings. The second-order valence-electron chi connectivity index (χ2n) is 7.27. The third-order valence-electron chi connectivity index (χ3n) is 5.40. The largest absolute Gasteiger partial charge is 0.441 e. The first kappa shape index (κ1) is 19.4. The summed E-state index contributed by atoms with van der Waals surface area (Å²) in [5.41, 5.74) is 2.91. The molecule has 1 saturated heterocycles. The standard InChI is InChI=1S/C22H25FN4O2/c1-3-26-9-11-27(12-10-26)19-8-7-16(13-18(19)23)14-24-22(28)17-5-4-6-20-21(17)25-15(2)29-20/h4-8,13H,3,9-12,14H2,1-2H3,(H,24,28). The van der Waals surface area contributed by atoms with E-state index < -0.39 is 0 Å². The summed E-state index contributed by atoms with van der Waals surface area (Å²) < 4.78 is 20.2. The molecule has 0 saturated carbocycles. The van der Waals surface area contributed by atoms with Crippen molar-refractivity contribution in [3.63, 3.8) is 0 Å². The number of benzene rings is 2. The Morgan fingerprint density at radius 1 is 1.21 bits per heavy atom. The van der Waals surface area contributed by atoms with Crippen LogP contribution in [-0.4, -0.2) is 48.5 Å². The molecule has 1 fully saturated rings. The number of amides is 1. The molecule has 2 aromatic carbocycles. The predicted octanol–water partition coefficient (Wildman–Crippen LogP) is 3.35. The number of nitrogens with zero attached hydrogens (tertiary/aromatic N) is 3. The lowest BCUT2D eigenvalue weighted by atomic mass is 10.1. The molecule has 152 valence electrons. The topological polar surface area (TPSA) is 61.6 Å². The van der Waals surface area contributed by atoms with E-state index >= 15 is 0 Å². The fraction of sp³-hybridized carbons (Fsp3) is 0.364. The SMILES string of the molecule is CCN1CCN(c2ccc(CNC(=O)c3cccc4oc(C)nc34)cc2F)CC1. The molecule has 1 aliphatic heterocycles. The van der Waals surface area contributed by atoms with Crippen LogP contribution >= 0.6 is 0 Å². The zero-order chi connectivity index (χ0) is 20.4. The summed E-state index contributed by atoms with van der Waals surface area (Å²) >= 11 is 0. The van der Waals surface area contributed by atoms with Crippen LogP contribution in [0.15, 0.2) is 40.8 Å². The quantitative estimate of drug-likeness (QED) is 0.717. The molecular weight excluding hydrogens is 371 g/mol. The maximum atomic E-state index is 14.7. The number of nitrogens with one attached hydrogen (secondary N) is 1. The predicted molar refractivity (Wildman–Crippen MR) is 111 cm³/mol. The Bertz CT molecular complexity index is 1020. The Kier molecular flexibility index (Phi) is 5.49. The number of oxazole rings is 1. The third-order valence-corrected chi connectivity index (χ3v) is 5.40.